The van der Waals surface area contributed by atoms with Crippen molar-refractivity contribution in [1.29, 1.82) is 0 Å². The first-order valence-corrected chi connectivity index (χ1v) is 11.0. The fourth-order valence-electron chi connectivity index (χ4n) is 3.48. The number of benzene rings is 2. The van der Waals surface area contributed by atoms with Crippen molar-refractivity contribution in [3.8, 4) is 17.2 Å². The van der Waals surface area contributed by atoms with Crippen LogP contribution < -0.4 is 14.2 Å². The van der Waals surface area contributed by atoms with E-state index >= 15 is 0 Å². The molecule has 0 aliphatic heterocycles. The van der Waals surface area contributed by atoms with Crippen LogP contribution in [0.3, 0.4) is 0 Å². The number of ether oxygens (including phenoxy) is 3. The summed E-state index contributed by atoms with van der Waals surface area (Å²) in [5, 5.41) is 0. The fourth-order valence-corrected chi connectivity index (χ4v) is 3.48. The van der Waals surface area contributed by atoms with Crippen molar-refractivity contribution in [2.75, 3.05) is 13.2 Å². The van der Waals surface area contributed by atoms with Gasteiger partial charge < -0.3 is 14.2 Å². The van der Waals surface area contributed by atoms with Crippen LogP contribution in [0.1, 0.15) is 62.2 Å². The highest BCUT2D eigenvalue weighted by atomic mass is 19.2. The molecule has 3 rings (SSSR count). The number of rotatable bonds is 10. The Balaban J connectivity index is 1.54. The Labute approximate surface area is 182 Å². The van der Waals surface area contributed by atoms with Gasteiger partial charge in [0.15, 0.2) is 11.6 Å². The highest BCUT2D eigenvalue weighted by molar-refractivity contribution is 5.91. The van der Waals surface area contributed by atoms with Crippen molar-refractivity contribution in [3.05, 3.63) is 60.0 Å². The summed E-state index contributed by atoms with van der Waals surface area (Å²) < 4.78 is 44.9. The maximum atomic E-state index is 14.4. The predicted octanol–water partition coefficient (Wildman–Crippen LogP) is 6.53. The van der Waals surface area contributed by atoms with Crippen LogP contribution in [0.5, 0.6) is 17.2 Å². The number of esters is 1. The molecule has 167 valence electrons. The van der Waals surface area contributed by atoms with Crippen molar-refractivity contribution in [2.45, 2.75) is 51.9 Å². The first kappa shape index (κ1) is 23.0. The van der Waals surface area contributed by atoms with Crippen molar-refractivity contribution in [2.24, 2.45) is 5.92 Å². The average molecular weight is 431 g/mol. The van der Waals surface area contributed by atoms with E-state index < -0.39 is 23.2 Å². The van der Waals surface area contributed by atoms with E-state index in [-0.39, 0.29) is 11.5 Å². The van der Waals surface area contributed by atoms with Crippen molar-refractivity contribution in [1.82, 2.24) is 0 Å². The van der Waals surface area contributed by atoms with E-state index in [2.05, 4.69) is 6.42 Å². The third-order valence-corrected chi connectivity index (χ3v) is 5.35. The summed E-state index contributed by atoms with van der Waals surface area (Å²) >= 11 is 0. The third-order valence-electron chi connectivity index (χ3n) is 5.35. The second-order valence-electron chi connectivity index (χ2n) is 7.78. The largest absolute Gasteiger partial charge is 0.493 e. The van der Waals surface area contributed by atoms with Crippen LogP contribution in [0.25, 0.3) is 0 Å². The van der Waals surface area contributed by atoms with E-state index in [9.17, 15) is 13.6 Å². The van der Waals surface area contributed by atoms with Gasteiger partial charge in [-0.3, -0.25) is 0 Å². The van der Waals surface area contributed by atoms with E-state index in [0.717, 1.165) is 44.9 Å². The molecule has 4 nitrogen and oxygen atoms in total. The van der Waals surface area contributed by atoms with Gasteiger partial charge in [-0.15, -0.1) is 0 Å². The molecule has 2 aromatic carbocycles. The van der Waals surface area contributed by atoms with E-state index in [4.69, 9.17) is 14.2 Å². The molecule has 0 N–H and O–H groups in total. The van der Waals surface area contributed by atoms with Crippen molar-refractivity contribution >= 4 is 5.97 Å². The lowest BCUT2D eigenvalue weighted by Gasteiger charge is -2.21. The number of halogens is 2. The molecule has 6 heteroatoms. The molecule has 0 bridgehead atoms. The fraction of sp³-hybridized carbons (Fsp3) is 0.440. The molecule has 0 aromatic heterocycles. The van der Waals surface area contributed by atoms with E-state index in [1.54, 1.807) is 24.3 Å². The summed E-state index contributed by atoms with van der Waals surface area (Å²) in [6.45, 7) is 2.99. The first-order valence-electron chi connectivity index (χ1n) is 11.0. The van der Waals surface area contributed by atoms with Gasteiger partial charge in [0, 0.05) is 0 Å². The number of hydrogen-bond acceptors (Lipinski definition) is 4. The maximum absolute atomic E-state index is 14.4. The quantitative estimate of drug-likeness (QED) is 0.244. The standard InChI is InChI=1S/C25H29F2O4/c1-2-3-7-16-29-22-15-14-21(23(26)24(22)27)25(28)31-20-12-10-19(11-13-20)30-17-18-8-5-4-6-9-18/h4,10-15,18H,2-3,5-9,16-17H2,1H3. The second-order valence-corrected chi connectivity index (χ2v) is 7.78. The lowest BCUT2D eigenvalue weighted by Crippen LogP contribution is -2.15. The summed E-state index contributed by atoms with van der Waals surface area (Å²) in [4.78, 5) is 12.3. The van der Waals surface area contributed by atoms with Gasteiger partial charge >= 0.3 is 5.97 Å². The van der Waals surface area contributed by atoms with Gasteiger partial charge in [-0.2, -0.15) is 4.39 Å². The highest BCUT2D eigenvalue weighted by Crippen LogP contribution is 2.26. The van der Waals surface area contributed by atoms with E-state index in [1.807, 2.05) is 6.92 Å². The molecule has 1 saturated carbocycles. The minimum atomic E-state index is -1.28. The zero-order chi connectivity index (χ0) is 22.1. The lowest BCUT2D eigenvalue weighted by atomic mass is 9.90. The molecule has 2 aromatic rings. The number of carbonyl (C=O) groups is 1. The highest BCUT2D eigenvalue weighted by Gasteiger charge is 2.21. The van der Waals surface area contributed by atoms with Gasteiger partial charge in [-0.05, 0) is 80.8 Å². The topological polar surface area (TPSA) is 44.8 Å². The molecule has 1 radical (unpaired) electrons. The molecule has 0 unspecified atom stereocenters. The molecule has 0 heterocycles. The molecule has 1 aliphatic carbocycles. The smallest absolute Gasteiger partial charge is 0.346 e. The van der Waals surface area contributed by atoms with Crippen LogP contribution in [0, 0.1) is 24.0 Å². The van der Waals surface area contributed by atoms with Crippen LogP contribution in [0.15, 0.2) is 36.4 Å². The SMILES string of the molecule is CCCCCOc1ccc(C(=O)Oc2ccc(OCC3CC[CH]CC3)cc2)c(F)c1F. The summed E-state index contributed by atoms with van der Waals surface area (Å²) in [6, 6.07) is 8.96. The summed E-state index contributed by atoms with van der Waals surface area (Å²) in [6.07, 6.45) is 9.54. The molecule has 1 aliphatic rings. The molecular formula is C25H29F2O4. The minimum absolute atomic E-state index is 0.206. The van der Waals surface area contributed by atoms with Crippen molar-refractivity contribution in [3.63, 3.8) is 0 Å². The molecule has 31 heavy (non-hydrogen) atoms. The number of carbonyl (C=O) groups excluding carboxylic acids is 1. The van der Waals surface area contributed by atoms with Crippen molar-refractivity contribution < 1.29 is 27.8 Å². The van der Waals surface area contributed by atoms with Gasteiger partial charge in [0.2, 0.25) is 5.82 Å². The Bertz CT molecular complexity index is 845. The Morgan fingerprint density at radius 2 is 1.65 bits per heavy atom. The summed E-state index contributed by atoms with van der Waals surface area (Å²) in [5.41, 5.74) is -0.479. The van der Waals surface area contributed by atoms with Gasteiger partial charge in [0.05, 0.1) is 18.8 Å². The lowest BCUT2D eigenvalue weighted by molar-refractivity contribution is 0.0728. The predicted molar refractivity (Wildman–Crippen MR) is 115 cm³/mol. The van der Waals surface area contributed by atoms with Gasteiger partial charge in [0.1, 0.15) is 11.5 Å². The Hall–Kier alpha value is -2.63. The molecule has 0 atom stereocenters. The second kappa shape index (κ2) is 11.7. The normalized spacial score (nSPS) is 14.3. The van der Waals surface area contributed by atoms with Gasteiger partial charge in [0.25, 0.3) is 0 Å². The van der Waals surface area contributed by atoms with Gasteiger partial charge in [-0.1, -0.05) is 19.8 Å². The molecule has 1 fully saturated rings. The van der Waals surface area contributed by atoms with Crippen LogP contribution in [0.2, 0.25) is 0 Å². The number of unbranched alkanes of at least 4 members (excludes halogenated alkanes) is 2. The van der Waals surface area contributed by atoms with E-state index in [1.165, 1.54) is 12.1 Å². The van der Waals surface area contributed by atoms with E-state index in [0.29, 0.717) is 24.9 Å². The third kappa shape index (κ3) is 6.68. The zero-order valence-corrected chi connectivity index (χ0v) is 17.9. The van der Waals surface area contributed by atoms with Crippen LogP contribution in [0.4, 0.5) is 8.78 Å². The molecular weight excluding hydrogens is 402 g/mol. The Morgan fingerprint density at radius 1 is 0.935 bits per heavy atom. The van der Waals surface area contributed by atoms with Crippen LogP contribution in [-0.4, -0.2) is 19.2 Å². The first-order chi connectivity index (χ1) is 15.1. The molecule has 0 saturated heterocycles. The van der Waals surface area contributed by atoms with Gasteiger partial charge in [-0.25, -0.2) is 9.18 Å². The maximum Gasteiger partial charge on any atom is 0.346 e. The Morgan fingerprint density at radius 3 is 2.35 bits per heavy atom. The summed E-state index contributed by atoms with van der Waals surface area (Å²) in [5.74, 6) is -2.18. The average Bonchev–Trinajstić information content (AvgIpc) is 2.79. The number of hydrogen-bond donors (Lipinski definition) is 0. The zero-order valence-electron chi connectivity index (χ0n) is 17.9. The monoisotopic (exact) mass is 431 g/mol. The molecule has 0 amide bonds. The Kier molecular flexibility index (Phi) is 8.68. The van der Waals surface area contributed by atoms with Crippen LogP contribution in [-0.2, 0) is 0 Å². The van der Waals surface area contributed by atoms with Crippen LogP contribution >= 0.6 is 0 Å². The summed E-state index contributed by atoms with van der Waals surface area (Å²) in [7, 11) is 0. The minimum Gasteiger partial charge on any atom is -0.493 e. The molecule has 0 spiro atoms.